The van der Waals surface area contributed by atoms with Gasteiger partial charge in [-0.05, 0) is 26.0 Å². The van der Waals surface area contributed by atoms with E-state index in [1.807, 2.05) is 0 Å². The van der Waals surface area contributed by atoms with Gasteiger partial charge in [0.15, 0.2) is 5.56 Å². The number of carbonyl (C=O) groups is 2. The van der Waals surface area contributed by atoms with Crippen molar-refractivity contribution in [2.75, 3.05) is 7.05 Å². The fourth-order valence-corrected chi connectivity index (χ4v) is 3.76. The van der Waals surface area contributed by atoms with E-state index in [0.29, 0.717) is 24.9 Å². The van der Waals surface area contributed by atoms with Gasteiger partial charge in [-0.25, -0.2) is 9.59 Å². The molecule has 128 valence electrons. The van der Waals surface area contributed by atoms with Crippen molar-refractivity contribution in [2.24, 2.45) is 0 Å². The maximum Gasteiger partial charge on any atom is 0.343 e. The first-order chi connectivity index (χ1) is 11.4. The Morgan fingerprint density at radius 2 is 1.92 bits per heavy atom. The lowest BCUT2D eigenvalue weighted by molar-refractivity contribution is -0.385. The molecule has 3 rings (SSSR count). The molecule has 24 heavy (non-hydrogen) atoms. The van der Waals surface area contributed by atoms with Crippen LogP contribution in [0.2, 0.25) is 0 Å². The van der Waals surface area contributed by atoms with Crippen molar-refractivity contribution in [2.45, 2.75) is 43.9 Å². The van der Waals surface area contributed by atoms with Crippen LogP contribution >= 0.6 is 0 Å². The quantitative estimate of drug-likeness (QED) is 0.510. The summed E-state index contributed by atoms with van der Waals surface area (Å²) in [6.07, 6.45) is 3.25. The second-order valence-corrected chi connectivity index (χ2v) is 6.31. The van der Waals surface area contributed by atoms with Crippen LogP contribution in [-0.4, -0.2) is 52.1 Å². The van der Waals surface area contributed by atoms with Crippen LogP contribution in [0.3, 0.4) is 0 Å². The Morgan fingerprint density at radius 1 is 1.29 bits per heavy atom. The summed E-state index contributed by atoms with van der Waals surface area (Å²) < 4.78 is 5.48. The standard InChI is InChI=1S/C16H18N2O6/c1-17-9-5-6-10(17)8-11(7-9)24-16(21)12-3-2-4-13(18(22)23)14(12)15(19)20/h2-4,9-11H,5-8H2,1H3,(H,19,20). The Kier molecular flexibility index (Phi) is 4.23. The van der Waals surface area contributed by atoms with Gasteiger partial charge in [-0.1, -0.05) is 6.07 Å². The zero-order valence-electron chi connectivity index (χ0n) is 13.2. The molecule has 0 amide bonds. The molecule has 2 saturated heterocycles. The maximum atomic E-state index is 12.4. The minimum absolute atomic E-state index is 0.275. The van der Waals surface area contributed by atoms with Gasteiger partial charge in [0, 0.05) is 31.0 Å². The van der Waals surface area contributed by atoms with E-state index in [1.165, 1.54) is 12.1 Å². The number of piperidine rings is 1. The van der Waals surface area contributed by atoms with Crippen molar-refractivity contribution in [1.82, 2.24) is 4.90 Å². The van der Waals surface area contributed by atoms with Crippen molar-refractivity contribution in [3.05, 3.63) is 39.4 Å². The van der Waals surface area contributed by atoms with E-state index in [1.54, 1.807) is 0 Å². The van der Waals surface area contributed by atoms with Crippen LogP contribution in [0, 0.1) is 10.1 Å². The van der Waals surface area contributed by atoms with Crippen LogP contribution in [0.4, 0.5) is 5.69 Å². The number of nitrogens with zero attached hydrogens (tertiary/aromatic N) is 2. The fraction of sp³-hybridized carbons (Fsp3) is 0.500. The van der Waals surface area contributed by atoms with Gasteiger partial charge < -0.3 is 14.7 Å². The Hall–Kier alpha value is -2.48. The molecule has 0 spiro atoms. The molecule has 2 heterocycles. The highest BCUT2D eigenvalue weighted by molar-refractivity contribution is 6.05. The molecule has 0 aromatic heterocycles. The predicted octanol–water partition coefficient (Wildman–Crippen LogP) is 2.08. The van der Waals surface area contributed by atoms with E-state index in [-0.39, 0.29) is 11.7 Å². The number of carbonyl (C=O) groups excluding carboxylic acids is 1. The summed E-state index contributed by atoms with van der Waals surface area (Å²) in [5.41, 5.74) is -1.51. The number of aromatic carboxylic acids is 1. The Bertz CT molecular complexity index is 690. The summed E-state index contributed by atoms with van der Waals surface area (Å²) in [5, 5.41) is 20.3. The van der Waals surface area contributed by atoms with Crippen LogP contribution in [0.5, 0.6) is 0 Å². The zero-order chi connectivity index (χ0) is 17.4. The van der Waals surface area contributed by atoms with Gasteiger partial charge in [0.05, 0.1) is 10.5 Å². The van der Waals surface area contributed by atoms with Crippen LogP contribution in [0.15, 0.2) is 18.2 Å². The monoisotopic (exact) mass is 334 g/mol. The largest absolute Gasteiger partial charge is 0.477 e. The van der Waals surface area contributed by atoms with Crippen molar-refractivity contribution in [1.29, 1.82) is 0 Å². The highest BCUT2D eigenvalue weighted by Gasteiger charge is 2.40. The molecule has 2 unspecified atom stereocenters. The average Bonchev–Trinajstić information content (AvgIpc) is 2.74. The van der Waals surface area contributed by atoms with Gasteiger partial charge in [-0.15, -0.1) is 0 Å². The van der Waals surface area contributed by atoms with Crippen molar-refractivity contribution < 1.29 is 24.4 Å². The fourth-order valence-electron chi connectivity index (χ4n) is 3.76. The normalized spacial score (nSPS) is 26.1. The molecular weight excluding hydrogens is 316 g/mol. The minimum atomic E-state index is -1.52. The smallest absolute Gasteiger partial charge is 0.343 e. The van der Waals surface area contributed by atoms with Crippen molar-refractivity contribution in [3.63, 3.8) is 0 Å². The van der Waals surface area contributed by atoms with E-state index in [9.17, 15) is 24.8 Å². The first kappa shape index (κ1) is 16.4. The van der Waals surface area contributed by atoms with Gasteiger partial charge in [-0.3, -0.25) is 10.1 Å². The molecule has 8 heteroatoms. The second kappa shape index (κ2) is 6.20. The summed E-state index contributed by atoms with van der Waals surface area (Å²) in [5.74, 6) is -2.33. The van der Waals surface area contributed by atoms with Gasteiger partial charge in [0.25, 0.3) is 5.69 Å². The van der Waals surface area contributed by atoms with E-state index < -0.39 is 28.1 Å². The molecule has 1 aromatic carbocycles. The Balaban J connectivity index is 1.82. The van der Waals surface area contributed by atoms with Crippen molar-refractivity contribution in [3.8, 4) is 0 Å². The lowest BCUT2D eigenvalue weighted by Crippen LogP contribution is -2.43. The first-order valence-electron chi connectivity index (χ1n) is 7.82. The van der Waals surface area contributed by atoms with E-state index in [0.717, 1.165) is 18.9 Å². The molecule has 2 aliphatic heterocycles. The van der Waals surface area contributed by atoms with E-state index in [2.05, 4.69) is 11.9 Å². The highest BCUT2D eigenvalue weighted by atomic mass is 16.6. The third-order valence-corrected chi connectivity index (χ3v) is 5.00. The predicted molar refractivity (Wildman–Crippen MR) is 83.1 cm³/mol. The topological polar surface area (TPSA) is 110 Å². The number of carboxylic acids is 1. The number of rotatable bonds is 4. The summed E-state index contributed by atoms with van der Waals surface area (Å²) in [6.45, 7) is 0. The lowest BCUT2D eigenvalue weighted by Gasteiger charge is -2.35. The van der Waals surface area contributed by atoms with E-state index >= 15 is 0 Å². The highest BCUT2D eigenvalue weighted by Crippen LogP contribution is 2.36. The second-order valence-electron chi connectivity index (χ2n) is 6.31. The summed E-state index contributed by atoms with van der Waals surface area (Å²) in [7, 11) is 2.06. The zero-order valence-corrected chi connectivity index (χ0v) is 13.2. The number of nitro benzene ring substituents is 1. The molecule has 2 atom stereocenters. The number of ether oxygens (including phenoxy) is 1. The van der Waals surface area contributed by atoms with Crippen LogP contribution < -0.4 is 0 Å². The number of nitro groups is 1. The molecule has 8 nitrogen and oxygen atoms in total. The lowest BCUT2D eigenvalue weighted by atomic mass is 10.00. The summed E-state index contributed by atoms with van der Waals surface area (Å²) >= 11 is 0. The molecule has 2 fully saturated rings. The minimum Gasteiger partial charge on any atom is -0.477 e. The van der Waals surface area contributed by atoms with Crippen LogP contribution in [-0.2, 0) is 4.74 Å². The molecule has 2 bridgehead atoms. The number of fused-ring (bicyclic) bond motifs is 2. The number of benzene rings is 1. The molecule has 1 aromatic rings. The van der Waals surface area contributed by atoms with Gasteiger partial charge >= 0.3 is 11.9 Å². The van der Waals surface area contributed by atoms with Crippen LogP contribution in [0.1, 0.15) is 46.4 Å². The van der Waals surface area contributed by atoms with Gasteiger partial charge in [0.2, 0.25) is 0 Å². The molecular formula is C16H18N2O6. The number of carboxylic acid groups (broad SMARTS) is 1. The first-order valence-corrected chi connectivity index (χ1v) is 7.82. The number of esters is 1. The molecule has 1 N–H and O–H groups in total. The molecule has 0 saturated carbocycles. The Labute approximate surface area is 138 Å². The van der Waals surface area contributed by atoms with Gasteiger partial charge in [0.1, 0.15) is 6.10 Å². The number of hydrogen-bond donors (Lipinski definition) is 1. The maximum absolute atomic E-state index is 12.4. The molecule has 2 aliphatic rings. The SMILES string of the molecule is CN1C2CCC1CC(OC(=O)c1cccc([N+](=O)[O-])c1C(=O)O)C2. The van der Waals surface area contributed by atoms with E-state index in [4.69, 9.17) is 4.74 Å². The van der Waals surface area contributed by atoms with Gasteiger partial charge in [-0.2, -0.15) is 0 Å². The third-order valence-electron chi connectivity index (χ3n) is 5.00. The third kappa shape index (κ3) is 2.84. The molecule has 0 aliphatic carbocycles. The van der Waals surface area contributed by atoms with Crippen LogP contribution in [0.25, 0.3) is 0 Å². The average molecular weight is 334 g/mol. The summed E-state index contributed by atoms with van der Waals surface area (Å²) in [6, 6.07) is 4.34. The Morgan fingerprint density at radius 3 is 2.46 bits per heavy atom. The van der Waals surface area contributed by atoms with Crippen molar-refractivity contribution >= 4 is 17.6 Å². The summed E-state index contributed by atoms with van der Waals surface area (Å²) in [4.78, 5) is 36.3. The molecule has 0 radical (unpaired) electrons. The number of hydrogen-bond acceptors (Lipinski definition) is 6.